The number of rotatable bonds is 5. The first kappa shape index (κ1) is 20.9. The quantitative estimate of drug-likeness (QED) is 0.391. The SMILES string of the molecule is CCOC(=O)CSc1nc2sc3c(c2c(=O)n1C1CCCCC1)CC(C)(C)OC3. The van der Waals surface area contributed by atoms with Crippen molar-refractivity contribution in [3.63, 3.8) is 0 Å². The van der Waals surface area contributed by atoms with E-state index in [1.165, 1.54) is 18.2 Å². The number of aromatic nitrogens is 2. The maximum Gasteiger partial charge on any atom is 0.316 e. The predicted octanol–water partition coefficient (Wildman–Crippen LogP) is 4.47. The van der Waals surface area contributed by atoms with E-state index in [9.17, 15) is 9.59 Å². The summed E-state index contributed by atoms with van der Waals surface area (Å²) in [5.74, 6) is -0.109. The van der Waals surface area contributed by atoms with Gasteiger partial charge in [-0.15, -0.1) is 11.3 Å². The molecule has 1 fully saturated rings. The topological polar surface area (TPSA) is 70.4 Å². The number of carbonyl (C=O) groups excluding carboxylic acids is 1. The van der Waals surface area contributed by atoms with Crippen molar-refractivity contribution in [2.45, 2.75) is 82.7 Å². The molecule has 2 aromatic heterocycles. The highest BCUT2D eigenvalue weighted by Crippen LogP contribution is 2.39. The van der Waals surface area contributed by atoms with Gasteiger partial charge in [0.1, 0.15) is 4.83 Å². The van der Waals surface area contributed by atoms with Crippen molar-refractivity contribution >= 4 is 39.3 Å². The normalized spacial score (nSPS) is 19.3. The minimum atomic E-state index is -0.277. The van der Waals surface area contributed by atoms with Crippen LogP contribution in [0.25, 0.3) is 10.2 Å². The van der Waals surface area contributed by atoms with Crippen LogP contribution in [-0.2, 0) is 27.3 Å². The van der Waals surface area contributed by atoms with E-state index in [0.29, 0.717) is 18.4 Å². The summed E-state index contributed by atoms with van der Waals surface area (Å²) in [6, 6.07) is 0.154. The first-order valence-corrected chi connectivity index (χ1v) is 12.2. The van der Waals surface area contributed by atoms with Crippen LogP contribution in [0.15, 0.2) is 9.95 Å². The van der Waals surface area contributed by atoms with E-state index in [1.54, 1.807) is 18.3 Å². The maximum absolute atomic E-state index is 13.7. The fourth-order valence-corrected chi connectivity index (χ4v) is 6.28. The molecule has 6 nitrogen and oxygen atoms in total. The summed E-state index contributed by atoms with van der Waals surface area (Å²) < 4.78 is 12.9. The Hall–Kier alpha value is -1.38. The molecule has 2 aromatic rings. The van der Waals surface area contributed by atoms with Gasteiger partial charge < -0.3 is 9.47 Å². The van der Waals surface area contributed by atoms with Crippen molar-refractivity contribution in [1.29, 1.82) is 0 Å². The van der Waals surface area contributed by atoms with Crippen LogP contribution in [0.4, 0.5) is 0 Å². The van der Waals surface area contributed by atoms with Crippen LogP contribution >= 0.6 is 23.1 Å². The van der Waals surface area contributed by atoms with Gasteiger partial charge in [0.15, 0.2) is 5.16 Å². The molecule has 0 radical (unpaired) electrons. The number of hydrogen-bond donors (Lipinski definition) is 0. The zero-order valence-corrected chi connectivity index (χ0v) is 18.9. The van der Waals surface area contributed by atoms with Crippen LogP contribution in [-0.4, -0.2) is 33.5 Å². The molecular formula is C21H28N2O4S2. The van der Waals surface area contributed by atoms with Crippen LogP contribution in [0, 0.1) is 0 Å². The standard InChI is InChI=1S/C21H28N2O4S2/c1-4-26-16(24)12-28-20-22-18-17(14-10-21(2,3)27-11-15(14)29-18)19(25)23(20)13-8-6-5-7-9-13/h13H,4-12H2,1-3H3. The van der Waals surface area contributed by atoms with Gasteiger partial charge in [-0.2, -0.15) is 0 Å². The second kappa shape index (κ2) is 8.40. The van der Waals surface area contributed by atoms with Crippen molar-refractivity contribution in [2.75, 3.05) is 12.4 Å². The molecule has 1 saturated carbocycles. The van der Waals surface area contributed by atoms with Gasteiger partial charge in [-0.1, -0.05) is 31.0 Å². The lowest BCUT2D eigenvalue weighted by Crippen LogP contribution is -2.33. The Morgan fingerprint density at radius 1 is 1.34 bits per heavy atom. The third kappa shape index (κ3) is 4.25. The van der Waals surface area contributed by atoms with Gasteiger partial charge in [-0.3, -0.25) is 14.2 Å². The van der Waals surface area contributed by atoms with Crippen LogP contribution < -0.4 is 5.56 Å². The number of nitrogens with zero attached hydrogens (tertiary/aromatic N) is 2. The Balaban J connectivity index is 1.80. The molecular weight excluding hydrogens is 408 g/mol. The van der Waals surface area contributed by atoms with Gasteiger partial charge in [0.05, 0.1) is 30.0 Å². The number of fused-ring (bicyclic) bond motifs is 3. The smallest absolute Gasteiger partial charge is 0.316 e. The van der Waals surface area contributed by atoms with Crippen molar-refractivity contribution in [1.82, 2.24) is 9.55 Å². The van der Waals surface area contributed by atoms with Gasteiger partial charge in [-0.25, -0.2) is 4.98 Å². The lowest BCUT2D eigenvalue weighted by atomic mass is 9.93. The average molecular weight is 437 g/mol. The number of esters is 1. The highest BCUT2D eigenvalue weighted by atomic mass is 32.2. The highest BCUT2D eigenvalue weighted by molar-refractivity contribution is 7.99. The third-order valence-electron chi connectivity index (χ3n) is 5.67. The summed E-state index contributed by atoms with van der Waals surface area (Å²) in [4.78, 5) is 32.4. The van der Waals surface area contributed by atoms with E-state index in [1.807, 2.05) is 4.57 Å². The van der Waals surface area contributed by atoms with E-state index < -0.39 is 0 Å². The van der Waals surface area contributed by atoms with Gasteiger partial charge in [0.25, 0.3) is 5.56 Å². The Morgan fingerprint density at radius 2 is 2.10 bits per heavy atom. The molecule has 29 heavy (non-hydrogen) atoms. The molecule has 0 N–H and O–H groups in total. The van der Waals surface area contributed by atoms with Crippen LogP contribution in [0.2, 0.25) is 0 Å². The number of thioether (sulfide) groups is 1. The van der Waals surface area contributed by atoms with E-state index in [2.05, 4.69) is 13.8 Å². The summed E-state index contributed by atoms with van der Waals surface area (Å²) >= 11 is 2.87. The van der Waals surface area contributed by atoms with Crippen molar-refractivity contribution in [2.24, 2.45) is 0 Å². The van der Waals surface area contributed by atoms with Gasteiger partial charge in [-0.05, 0) is 39.2 Å². The Labute approximate surface area is 179 Å². The Kier molecular flexibility index (Phi) is 6.04. The molecule has 2 aliphatic rings. The predicted molar refractivity (Wildman–Crippen MR) is 116 cm³/mol. The summed E-state index contributed by atoms with van der Waals surface area (Å²) in [5, 5.41) is 1.40. The van der Waals surface area contributed by atoms with Crippen LogP contribution in [0.5, 0.6) is 0 Å². The molecule has 0 aromatic carbocycles. The molecule has 3 heterocycles. The molecule has 0 saturated heterocycles. The number of hydrogen-bond acceptors (Lipinski definition) is 7. The summed E-state index contributed by atoms with van der Waals surface area (Å²) in [6.07, 6.45) is 6.16. The molecule has 0 amide bonds. The average Bonchev–Trinajstić information content (AvgIpc) is 3.04. The fraction of sp³-hybridized carbons (Fsp3) is 0.667. The van der Waals surface area contributed by atoms with Crippen molar-refractivity contribution in [3.8, 4) is 0 Å². The molecule has 0 bridgehead atoms. The molecule has 158 valence electrons. The zero-order valence-electron chi connectivity index (χ0n) is 17.3. The summed E-state index contributed by atoms with van der Waals surface area (Å²) in [7, 11) is 0. The van der Waals surface area contributed by atoms with Crippen LogP contribution in [0.3, 0.4) is 0 Å². The lowest BCUT2D eigenvalue weighted by Gasteiger charge is -2.30. The summed E-state index contributed by atoms with van der Waals surface area (Å²) in [5.41, 5.74) is 0.870. The first-order valence-electron chi connectivity index (χ1n) is 10.4. The third-order valence-corrected chi connectivity index (χ3v) is 7.69. The van der Waals surface area contributed by atoms with Crippen molar-refractivity contribution < 1.29 is 14.3 Å². The van der Waals surface area contributed by atoms with Gasteiger partial charge >= 0.3 is 5.97 Å². The molecule has 0 unspecified atom stereocenters. The van der Waals surface area contributed by atoms with Crippen molar-refractivity contribution in [3.05, 3.63) is 20.8 Å². The molecule has 0 atom stereocenters. The number of ether oxygens (including phenoxy) is 2. The summed E-state index contributed by atoms with van der Waals surface area (Å²) in [6.45, 7) is 6.81. The molecule has 1 aliphatic carbocycles. The number of thiophene rings is 1. The molecule has 1 aliphatic heterocycles. The van der Waals surface area contributed by atoms with Crippen LogP contribution in [0.1, 0.15) is 69.4 Å². The minimum Gasteiger partial charge on any atom is -0.465 e. The maximum atomic E-state index is 13.7. The highest BCUT2D eigenvalue weighted by Gasteiger charge is 2.32. The second-order valence-corrected chi connectivity index (χ2v) is 10.4. The fourth-order valence-electron chi connectivity index (χ4n) is 4.28. The van der Waals surface area contributed by atoms with Gasteiger partial charge in [0, 0.05) is 17.3 Å². The largest absolute Gasteiger partial charge is 0.465 e. The van der Waals surface area contributed by atoms with Gasteiger partial charge in [0.2, 0.25) is 0 Å². The van der Waals surface area contributed by atoms with E-state index in [4.69, 9.17) is 14.5 Å². The van der Waals surface area contributed by atoms with E-state index in [-0.39, 0.29) is 28.9 Å². The van der Waals surface area contributed by atoms with E-state index >= 15 is 0 Å². The Bertz CT molecular complexity index is 973. The minimum absolute atomic E-state index is 0.0449. The van der Waals surface area contributed by atoms with E-state index in [0.717, 1.165) is 52.8 Å². The number of carbonyl (C=O) groups is 1. The first-order chi connectivity index (χ1) is 13.9. The second-order valence-electron chi connectivity index (χ2n) is 8.36. The zero-order chi connectivity index (χ0) is 20.6. The molecule has 0 spiro atoms. The Morgan fingerprint density at radius 3 is 2.83 bits per heavy atom. The monoisotopic (exact) mass is 436 g/mol. The lowest BCUT2D eigenvalue weighted by molar-refractivity contribution is -0.139. The molecule has 4 rings (SSSR count). The molecule has 8 heteroatoms.